The summed E-state index contributed by atoms with van der Waals surface area (Å²) in [5.41, 5.74) is 3.71. The molecule has 0 aliphatic rings. The van der Waals surface area contributed by atoms with Crippen LogP contribution in [0.3, 0.4) is 0 Å². The van der Waals surface area contributed by atoms with Gasteiger partial charge in [-0.25, -0.2) is 0 Å². The first-order chi connectivity index (χ1) is 14.5. The Kier molecular flexibility index (Phi) is 2.75. The van der Waals surface area contributed by atoms with Crippen LogP contribution in [0.2, 0.25) is 0 Å². The zero-order valence-electron chi connectivity index (χ0n) is 18.3. The van der Waals surface area contributed by atoms with Crippen molar-refractivity contribution in [1.29, 1.82) is 0 Å². The highest BCUT2D eigenvalue weighted by atomic mass is 32.1. The van der Waals surface area contributed by atoms with Gasteiger partial charge in [-0.2, -0.15) is 0 Å². The van der Waals surface area contributed by atoms with Gasteiger partial charge in [0.2, 0.25) is 0 Å². The second-order valence-corrected chi connectivity index (χ2v) is 7.44. The van der Waals surface area contributed by atoms with Gasteiger partial charge in [0.05, 0.1) is 5.48 Å². The van der Waals surface area contributed by atoms with E-state index in [2.05, 4.69) is 42.5 Å². The molecule has 5 aromatic rings. The summed E-state index contributed by atoms with van der Waals surface area (Å²) in [4.78, 5) is 0. The Hall–Kier alpha value is -2.90. The van der Waals surface area contributed by atoms with E-state index < -0.39 is 0 Å². The average molecular weight is 355 g/mol. The highest BCUT2D eigenvalue weighted by Gasteiger charge is 2.11. The molecule has 0 saturated heterocycles. The quantitative estimate of drug-likeness (QED) is 0.305. The lowest BCUT2D eigenvalue weighted by molar-refractivity contribution is 1.47. The predicted molar refractivity (Wildman–Crippen MR) is 115 cm³/mol. The fraction of sp³-hybridized carbons (Fsp3) is 0.0400. The number of hydrogen-bond acceptors (Lipinski definition) is 1. The highest BCUT2D eigenvalue weighted by Crippen LogP contribution is 2.40. The van der Waals surface area contributed by atoms with Crippen molar-refractivity contribution in [2.24, 2.45) is 0 Å². The summed E-state index contributed by atoms with van der Waals surface area (Å²) in [5, 5.41) is 2.44. The standard InChI is InChI=1S/C25H18S/c1-17-7-4-8-18(15-17)19-9-5-10-20(16-19)21-12-6-14-24-25(21)22-11-2-3-13-23(22)26-24/h2-16H,1H3/i4D,7D,8D,15D. The molecule has 0 nitrogen and oxygen atoms in total. The minimum absolute atomic E-state index is 0.0422. The molecule has 0 N–H and O–H groups in total. The van der Waals surface area contributed by atoms with Crippen LogP contribution in [0.15, 0.2) is 90.9 Å². The Bertz CT molecular complexity index is 1420. The zero-order valence-corrected chi connectivity index (χ0v) is 15.1. The van der Waals surface area contributed by atoms with Crippen molar-refractivity contribution >= 4 is 31.5 Å². The average Bonchev–Trinajstić information content (AvgIpc) is 3.15. The Morgan fingerprint density at radius 2 is 1.58 bits per heavy atom. The first-order valence-electron chi connectivity index (χ1n) is 10.6. The summed E-state index contributed by atoms with van der Waals surface area (Å²) in [6, 6.07) is 22.5. The van der Waals surface area contributed by atoms with Crippen molar-refractivity contribution in [1.82, 2.24) is 0 Å². The first kappa shape index (κ1) is 11.7. The SMILES string of the molecule is [2H]c1c([2H])c(C)c([2H])c(-c2cccc(-c3cccc4sc5ccccc5c34)c2)c1[2H]. The molecule has 26 heavy (non-hydrogen) atoms. The number of benzene rings is 4. The van der Waals surface area contributed by atoms with Gasteiger partial charge < -0.3 is 0 Å². The van der Waals surface area contributed by atoms with Crippen LogP contribution >= 0.6 is 11.3 Å². The van der Waals surface area contributed by atoms with Crippen LogP contribution in [0, 0.1) is 6.92 Å². The van der Waals surface area contributed by atoms with E-state index in [4.69, 9.17) is 5.48 Å². The van der Waals surface area contributed by atoms with Crippen LogP contribution in [0.25, 0.3) is 42.4 Å². The van der Waals surface area contributed by atoms with Gasteiger partial charge in [-0.15, -0.1) is 11.3 Å². The van der Waals surface area contributed by atoms with Crippen LogP contribution < -0.4 is 0 Å². The van der Waals surface area contributed by atoms with E-state index in [1.54, 1.807) is 18.3 Å². The lowest BCUT2D eigenvalue weighted by atomic mass is 9.95. The summed E-state index contributed by atoms with van der Waals surface area (Å²) in [5.74, 6) is 0. The highest BCUT2D eigenvalue weighted by molar-refractivity contribution is 7.25. The smallest absolute Gasteiger partial charge is 0.0632 e. The molecule has 0 atom stereocenters. The van der Waals surface area contributed by atoms with Crippen molar-refractivity contribution in [3.05, 3.63) is 96.5 Å². The molecule has 0 unspecified atom stereocenters. The Balaban J connectivity index is 1.77. The maximum absolute atomic E-state index is 8.48. The monoisotopic (exact) mass is 354 g/mol. The van der Waals surface area contributed by atoms with Gasteiger partial charge in [0.15, 0.2) is 0 Å². The molecule has 0 aliphatic heterocycles. The molecule has 0 aliphatic carbocycles. The van der Waals surface area contributed by atoms with Gasteiger partial charge in [-0.1, -0.05) is 78.3 Å². The lowest BCUT2D eigenvalue weighted by Crippen LogP contribution is -1.83. The second-order valence-electron chi connectivity index (χ2n) is 6.36. The van der Waals surface area contributed by atoms with Crippen molar-refractivity contribution in [2.45, 2.75) is 6.92 Å². The van der Waals surface area contributed by atoms with E-state index in [0.717, 1.165) is 16.7 Å². The molecule has 5 rings (SSSR count). The Morgan fingerprint density at radius 1 is 0.769 bits per heavy atom. The molecule has 0 spiro atoms. The number of thiophene rings is 1. The van der Waals surface area contributed by atoms with Crippen molar-refractivity contribution in [3.8, 4) is 22.3 Å². The molecule has 1 aromatic heterocycles. The summed E-state index contributed by atoms with van der Waals surface area (Å²) >= 11 is 1.78. The van der Waals surface area contributed by atoms with E-state index in [1.807, 2.05) is 24.3 Å². The molecule has 4 aromatic carbocycles. The maximum atomic E-state index is 8.48. The van der Waals surface area contributed by atoms with Gasteiger partial charge in [0.25, 0.3) is 0 Å². The van der Waals surface area contributed by atoms with Gasteiger partial charge in [-0.3, -0.25) is 0 Å². The minimum atomic E-state index is -0.130. The van der Waals surface area contributed by atoms with Crippen molar-refractivity contribution < 1.29 is 5.48 Å². The third-order valence-electron chi connectivity index (χ3n) is 4.61. The number of fused-ring (bicyclic) bond motifs is 3. The molecule has 0 saturated carbocycles. The summed E-state index contributed by atoms with van der Waals surface area (Å²) in [6.07, 6.45) is 0. The summed E-state index contributed by atoms with van der Waals surface area (Å²) < 4.78 is 35.4. The van der Waals surface area contributed by atoms with Gasteiger partial charge in [0, 0.05) is 20.2 Å². The molecular formula is C25H18S. The molecule has 0 bridgehead atoms. The second kappa shape index (κ2) is 6.12. The van der Waals surface area contributed by atoms with Crippen LogP contribution in [0.1, 0.15) is 11.0 Å². The number of rotatable bonds is 2. The van der Waals surface area contributed by atoms with Crippen LogP contribution in [0.4, 0.5) is 0 Å². The van der Waals surface area contributed by atoms with E-state index in [-0.39, 0.29) is 24.2 Å². The van der Waals surface area contributed by atoms with E-state index in [9.17, 15) is 0 Å². The van der Waals surface area contributed by atoms with Crippen LogP contribution in [-0.2, 0) is 0 Å². The van der Waals surface area contributed by atoms with Gasteiger partial charge in [-0.05, 0) is 47.4 Å². The van der Waals surface area contributed by atoms with Crippen LogP contribution in [-0.4, -0.2) is 0 Å². The molecule has 0 radical (unpaired) electrons. The molecular weight excluding hydrogens is 332 g/mol. The zero-order chi connectivity index (χ0) is 21.0. The van der Waals surface area contributed by atoms with Gasteiger partial charge >= 0.3 is 0 Å². The fourth-order valence-corrected chi connectivity index (χ4v) is 4.57. The predicted octanol–water partition coefficient (Wildman–Crippen LogP) is 7.70. The third kappa shape index (κ3) is 2.53. The van der Waals surface area contributed by atoms with Gasteiger partial charge in [0.1, 0.15) is 0 Å². The Morgan fingerprint density at radius 3 is 2.54 bits per heavy atom. The van der Waals surface area contributed by atoms with Crippen molar-refractivity contribution in [2.75, 3.05) is 0 Å². The Labute approximate surface area is 163 Å². The summed E-state index contributed by atoms with van der Waals surface area (Å²) in [6.45, 7) is 1.67. The lowest BCUT2D eigenvalue weighted by Gasteiger charge is -2.08. The van der Waals surface area contributed by atoms with E-state index in [0.29, 0.717) is 11.1 Å². The molecule has 1 heteroatoms. The fourth-order valence-electron chi connectivity index (χ4n) is 3.44. The van der Waals surface area contributed by atoms with E-state index >= 15 is 0 Å². The summed E-state index contributed by atoms with van der Waals surface area (Å²) in [7, 11) is 0. The van der Waals surface area contributed by atoms with Crippen LogP contribution in [0.5, 0.6) is 0 Å². The molecule has 124 valence electrons. The van der Waals surface area contributed by atoms with Crippen molar-refractivity contribution in [3.63, 3.8) is 0 Å². The topological polar surface area (TPSA) is 0 Å². The third-order valence-corrected chi connectivity index (χ3v) is 5.75. The number of hydrogen-bond donors (Lipinski definition) is 0. The normalized spacial score (nSPS) is 13.4. The largest absolute Gasteiger partial charge is 0.135 e. The molecule has 0 amide bonds. The first-order valence-corrected chi connectivity index (χ1v) is 9.37. The molecule has 0 fully saturated rings. The van der Waals surface area contributed by atoms with E-state index in [1.165, 1.54) is 20.2 Å². The molecule has 1 heterocycles. The minimum Gasteiger partial charge on any atom is -0.135 e. The maximum Gasteiger partial charge on any atom is 0.0632 e.